The van der Waals surface area contributed by atoms with E-state index in [1.165, 1.54) is 20.3 Å². The molecular formula is C22H20N2O5. The Bertz CT molecular complexity index is 1060. The molecule has 0 aliphatic carbocycles. The van der Waals surface area contributed by atoms with Crippen molar-refractivity contribution in [1.29, 1.82) is 0 Å². The minimum Gasteiger partial charge on any atom is -0.467 e. The van der Waals surface area contributed by atoms with Gasteiger partial charge in [0.15, 0.2) is 0 Å². The minimum atomic E-state index is -0.928. The van der Waals surface area contributed by atoms with E-state index in [0.29, 0.717) is 5.69 Å². The van der Waals surface area contributed by atoms with Crippen LogP contribution in [0.4, 0.5) is 0 Å². The lowest BCUT2D eigenvalue weighted by Gasteiger charge is -2.17. The number of hydrogen-bond acceptors (Lipinski definition) is 6. The molecule has 1 atom stereocenters. The van der Waals surface area contributed by atoms with Gasteiger partial charge < -0.3 is 14.8 Å². The molecule has 0 saturated heterocycles. The van der Waals surface area contributed by atoms with E-state index in [0.717, 1.165) is 10.9 Å². The van der Waals surface area contributed by atoms with E-state index in [1.807, 2.05) is 36.4 Å². The Kier molecular flexibility index (Phi) is 6.19. The van der Waals surface area contributed by atoms with Crippen LogP contribution in [0.25, 0.3) is 10.9 Å². The number of aromatic nitrogens is 1. The fourth-order valence-electron chi connectivity index (χ4n) is 2.91. The number of rotatable bonds is 6. The minimum absolute atomic E-state index is 0.167. The molecule has 2 aromatic carbocycles. The predicted octanol–water partition coefficient (Wildman–Crippen LogP) is 2.54. The maximum atomic E-state index is 12.6. The Hall–Kier alpha value is -3.74. The Labute approximate surface area is 167 Å². The molecule has 29 heavy (non-hydrogen) atoms. The van der Waals surface area contributed by atoms with Crippen molar-refractivity contribution in [1.82, 2.24) is 10.3 Å². The van der Waals surface area contributed by atoms with E-state index in [9.17, 15) is 14.4 Å². The zero-order valence-corrected chi connectivity index (χ0v) is 16.0. The molecule has 0 spiro atoms. The van der Waals surface area contributed by atoms with Gasteiger partial charge in [0.05, 0.1) is 25.3 Å². The van der Waals surface area contributed by atoms with Crippen LogP contribution in [0.15, 0.2) is 60.7 Å². The van der Waals surface area contributed by atoms with Gasteiger partial charge in [0.2, 0.25) is 0 Å². The first-order valence-corrected chi connectivity index (χ1v) is 8.93. The van der Waals surface area contributed by atoms with Gasteiger partial charge in [-0.2, -0.15) is 0 Å². The van der Waals surface area contributed by atoms with E-state index in [4.69, 9.17) is 4.74 Å². The summed E-state index contributed by atoms with van der Waals surface area (Å²) in [7, 11) is 2.52. The first kappa shape index (κ1) is 20.0. The van der Waals surface area contributed by atoms with E-state index >= 15 is 0 Å². The number of esters is 2. The topological polar surface area (TPSA) is 94.6 Å². The fourth-order valence-corrected chi connectivity index (χ4v) is 2.91. The van der Waals surface area contributed by atoms with Gasteiger partial charge in [-0.05, 0) is 30.3 Å². The summed E-state index contributed by atoms with van der Waals surface area (Å²) in [5, 5.41) is 3.64. The predicted molar refractivity (Wildman–Crippen MR) is 106 cm³/mol. The number of amides is 1. The molecule has 1 heterocycles. The number of para-hydroxylation sites is 1. The van der Waals surface area contributed by atoms with Gasteiger partial charge in [-0.25, -0.2) is 9.59 Å². The molecule has 7 nitrogen and oxygen atoms in total. The summed E-state index contributed by atoms with van der Waals surface area (Å²) in [5.74, 6) is -1.64. The molecule has 0 saturated carbocycles. The van der Waals surface area contributed by atoms with E-state index in [1.54, 1.807) is 18.2 Å². The SMILES string of the molecule is COC(=O)c1cccc(C(=O)N[C@@H](Cc2ccc3ccccc3n2)C(=O)OC)c1. The third kappa shape index (κ3) is 4.76. The third-order valence-corrected chi connectivity index (χ3v) is 4.41. The highest BCUT2D eigenvalue weighted by molar-refractivity contribution is 5.99. The summed E-state index contributed by atoms with van der Waals surface area (Å²) >= 11 is 0. The second-order valence-electron chi connectivity index (χ2n) is 6.32. The van der Waals surface area contributed by atoms with Gasteiger partial charge in [-0.1, -0.05) is 30.3 Å². The first-order chi connectivity index (χ1) is 14.0. The molecule has 0 unspecified atom stereocenters. The number of carbonyl (C=O) groups excluding carboxylic acids is 3. The molecule has 0 fully saturated rings. The molecule has 1 N–H and O–H groups in total. The van der Waals surface area contributed by atoms with E-state index in [2.05, 4.69) is 15.0 Å². The molecule has 148 valence electrons. The number of pyridine rings is 1. The maximum Gasteiger partial charge on any atom is 0.337 e. The summed E-state index contributed by atoms with van der Waals surface area (Å²) in [6, 6.07) is 16.5. The Morgan fingerprint density at radius 1 is 0.931 bits per heavy atom. The van der Waals surface area contributed by atoms with Crippen LogP contribution in [0.2, 0.25) is 0 Å². The zero-order valence-electron chi connectivity index (χ0n) is 16.0. The summed E-state index contributed by atoms with van der Waals surface area (Å²) in [6.45, 7) is 0. The van der Waals surface area contributed by atoms with Crippen molar-refractivity contribution < 1.29 is 23.9 Å². The standard InChI is InChI=1S/C22H20N2O5/c1-28-21(26)16-8-5-7-15(12-16)20(25)24-19(22(27)29-2)13-17-11-10-14-6-3-4-9-18(14)23-17/h3-12,19H,13H2,1-2H3,(H,24,25)/t19-/m0/s1. The molecule has 3 rings (SSSR count). The summed E-state index contributed by atoms with van der Waals surface area (Å²) < 4.78 is 9.50. The average molecular weight is 392 g/mol. The van der Waals surface area contributed by atoms with Crippen molar-refractivity contribution >= 4 is 28.7 Å². The lowest BCUT2D eigenvalue weighted by atomic mass is 10.1. The molecule has 1 aromatic heterocycles. The number of benzene rings is 2. The van der Waals surface area contributed by atoms with Crippen molar-refractivity contribution in [2.75, 3.05) is 14.2 Å². The van der Waals surface area contributed by atoms with Crippen LogP contribution in [-0.4, -0.2) is 43.1 Å². The van der Waals surface area contributed by atoms with Crippen molar-refractivity contribution in [3.8, 4) is 0 Å². The average Bonchev–Trinajstić information content (AvgIpc) is 2.77. The van der Waals surface area contributed by atoms with Crippen LogP contribution in [0.3, 0.4) is 0 Å². The molecule has 0 aliphatic heterocycles. The van der Waals surface area contributed by atoms with Gasteiger partial charge in [-0.3, -0.25) is 9.78 Å². The lowest BCUT2D eigenvalue weighted by Crippen LogP contribution is -2.43. The Balaban J connectivity index is 1.80. The van der Waals surface area contributed by atoms with Gasteiger partial charge in [0.25, 0.3) is 5.91 Å². The highest BCUT2D eigenvalue weighted by Gasteiger charge is 2.23. The highest BCUT2D eigenvalue weighted by atomic mass is 16.5. The van der Waals surface area contributed by atoms with E-state index < -0.39 is 23.9 Å². The van der Waals surface area contributed by atoms with Crippen molar-refractivity contribution in [2.24, 2.45) is 0 Å². The molecule has 0 radical (unpaired) electrons. The second kappa shape index (κ2) is 8.97. The molecule has 0 aliphatic rings. The van der Waals surface area contributed by atoms with Gasteiger partial charge >= 0.3 is 11.9 Å². The number of nitrogens with zero attached hydrogens (tertiary/aromatic N) is 1. The number of carbonyl (C=O) groups is 3. The molecular weight excluding hydrogens is 372 g/mol. The number of nitrogens with one attached hydrogen (secondary N) is 1. The summed E-state index contributed by atoms with van der Waals surface area (Å²) in [5.41, 5.74) is 1.91. The van der Waals surface area contributed by atoms with Crippen molar-refractivity contribution in [3.63, 3.8) is 0 Å². The van der Waals surface area contributed by atoms with Crippen LogP contribution >= 0.6 is 0 Å². The number of fused-ring (bicyclic) bond motifs is 1. The number of ether oxygens (including phenoxy) is 2. The van der Waals surface area contributed by atoms with Gasteiger partial charge in [0.1, 0.15) is 6.04 Å². The van der Waals surface area contributed by atoms with Crippen molar-refractivity contribution in [2.45, 2.75) is 12.5 Å². The van der Waals surface area contributed by atoms with E-state index in [-0.39, 0.29) is 17.5 Å². The summed E-state index contributed by atoms with van der Waals surface area (Å²) in [4.78, 5) is 41.1. The van der Waals surface area contributed by atoms with Gasteiger partial charge in [-0.15, -0.1) is 0 Å². The Morgan fingerprint density at radius 2 is 1.69 bits per heavy atom. The van der Waals surface area contributed by atoms with Crippen LogP contribution in [0.5, 0.6) is 0 Å². The monoisotopic (exact) mass is 392 g/mol. The summed E-state index contributed by atoms with van der Waals surface area (Å²) in [6.07, 6.45) is 0.167. The largest absolute Gasteiger partial charge is 0.467 e. The fraction of sp³-hybridized carbons (Fsp3) is 0.182. The van der Waals surface area contributed by atoms with Crippen LogP contribution in [0, 0.1) is 0 Å². The quantitative estimate of drug-likeness (QED) is 0.648. The maximum absolute atomic E-state index is 12.6. The van der Waals surface area contributed by atoms with Crippen LogP contribution in [-0.2, 0) is 20.7 Å². The lowest BCUT2D eigenvalue weighted by molar-refractivity contribution is -0.142. The van der Waals surface area contributed by atoms with Crippen LogP contribution in [0.1, 0.15) is 26.4 Å². The molecule has 0 bridgehead atoms. The normalized spacial score (nSPS) is 11.5. The van der Waals surface area contributed by atoms with Crippen molar-refractivity contribution in [3.05, 3.63) is 77.5 Å². The third-order valence-electron chi connectivity index (χ3n) is 4.41. The molecule has 3 aromatic rings. The van der Waals surface area contributed by atoms with Gasteiger partial charge in [0, 0.05) is 23.1 Å². The first-order valence-electron chi connectivity index (χ1n) is 8.93. The number of hydrogen-bond donors (Lipinski definition) is 1. The van der Waals surface area contributed by atoms with Crippen LogP contribution < -0.4 is 5.32 Å². The Morgan fingerprint density at radius 3 is 2.45 bits per heavy atom. The number of methoxy groups -OCH3 is 2. The smallest absolute Gasteiger partial charge is 0.337 e. The highest BCUT2D eigenvalue weighted by Crippen LogP contribution is 2.14. The second-order valence-corrected chi connectivity index (χ2v) is 6.32. The molecule has 1 amide bonds. The molecule has 7 heteroatoms. The zero-order chi connectivity index (χ0) is 20.8.